The first-order valence-electron chi connectivity index (χ1n) is 10.7. The summed E-state index contributed by atoms with van der Waals surface area (Å²) in [6.07, 6.45) is -0.462. The summed E-state index contributed by atoms with van der Waals surface area (Å²) in [4.78, 5) is 31.7. The fourth-order valence-corrected chi connectivity index (χ4v) is 5.56. The lowest BCUT2D eigenvalue weighted by Crippen LogP contribution is -2.43. The first-order chi connectivity index (χ1) is 15.6. The van der Waals surface area contributed by atoms with Gasteiger partial charge in [-0.2, -0.15) is 0 Å². The number of aliphatic imine (C=N–C) groups is 1. The minimum absolute atomic E-state index is 0.177. The fraction of sp³-hybridized carbons (Fsp3) is 0.375. The van der Waals surface area contributed by atoms with Crippen LogP contribution < -0.4 is 11.1 Å². The minimum Gasteiger partial charge on any atom is -0.444 e. The van der Waals surface area contributed by atoms with Gasteiger partial charge in [0.2, 0.25) is 0 Å². The van der Waals surface area contributed by atoms with Crippen LogP contribution >= 0.6 is 11.8 Å². The number of fused-ring (bicyclic) bond motifs is 1. The van der Waals surface area contributed by atoms with Gasteiger partial charge in [-0.1, -0.05) is 30.0 Å². The second-order valence-corrected chi connectivity index (χ2v) is 10.6. The predicted molar refractivity (Wildman–Crippen MR) is 128 cm³/mol. The van der Waals surface area contributed by atoms with Gasteiger partial charge in [-0.05, 0) is 51.1 Å². The Hall–Kier alpha value is -3.07. The molecule has 2 aromatic carbocycles. The highest BCUT2D eigenvalue weighted by Crippen LogP contribution is 2.52. The van der Waals surface area contributed by atoms with E-state index in [1.54, 1.807) is 56.0 Å². The van der Waals surface area contributed by atoms with Gasteiger partial charge in [-0.15, -0.1) is 0 Å². The van der Waals surface area contributed by atoms with Crippen molar-refractivity contribution in [2.75, 3.05) is 25.4 Å². The number of carbonyl (C=O) groups is 2. The van der Waals surface area contributed by atoms with Gasteiger partial charge >= 0.3 is 6.09 Å². The molecule has 7 nitrogen and oxygen atoms in total. The van der Waals surface area contributed by atoms with Crippen LogP contribution in [0.4, 0.5) is 14.9 Å². The summed E-state index contributed by atoms with van der Waals surface area (Å²) in [6, 6.07) is 13.2. The number of rotatable bonds is 2. The second-order valence-electron chi connectivity index (χ2n) is 9.25. The van der Waals surface area contributed by atoms with Crippen LogP contribution in [0, 0.1) is 11.7 Å². The Balaban J connectivity index is 1.65. The lowest BCUT2D eigenvalue weighted by atomic mass is 9.87. The highest BCUT2D eigenvalue weighted by Gasteiger charge is 2.54. The van der Waals surface area contributed by atoms with Crippen molar-refractivity contribution in [3.63, 3.8) is 0 Å². The number of nitrogens with one attached hydrogen (secondary N) is 1. The van der Waals surface area contributed by atoms with Crippen molar-refractivity contribution in [1.82, 2.24) is 10.2 Å². The molecule has 2 aromatic rings. The first-order valence-corrected chi connectivity index (χ1v) is 11.5. The molecule has 174 valence electrons. The van der Waals surface area contributed by atoms with Crippen LogP contribution in [0.3, 0.4) is 0 Å². The Bertz CT molecular complexity index is 1100. The van der Waals surface area contributed by atoms with E-state index in [1.807, 2.05) is 6.07 Å². The number of ether oxygens (including phenoxy) is 1. The largest absolute Gasteiger partial charge is 0.444 e. The zero-order valence-corrected chi connectivity index (χ0v) is 19.6. The number of anilines is 1. The van der Waals surface area contributed by atoms with Gasteiger partial charge in [0.15, 0.2) is 5.17 Å². The standard InChI is InChI=1S/C24H27FN4O3S/c1-23(2,3)32-22(31)29-13-16-12-27-21(28-20(30)15-7-5-4-6-8-15)33-24(16,14-29)18-11-17(26)9-10-19(18)25/h4-11,16H,12-14,26H2,1-3H3,(H,27,28,30). The third-order valence-corrected chi connectivity index (χ3v) is 7.09. The summed E-state index contributed by atoms with van der Waals surface area (Å²) in [5.74, 6) is -0.891. The molecule has 9 heteroatoms. The molecule has 2 unspecified atom stereocenters. The van der Waals surface area contributed by atoms with E-state index in [2.05, 4.69) is 10.3 Å². The molecule has 2 aliphatic heterocycles. The predicted octanol–water partition coefficient (Wildman–Crippen LogP) is 4.00. The van der Waals surface area contributed by atoms with Gasteiger partial charge in [-0.25, -0.2) is 9.18 Å². The Morgan fingerprint density at radius 3 is 2.67 bits per heavy atom. The Morgan fingerprint density at radius 1 is 1.24 bits per heavy atom. The minimum atomic E-state index is -0.864. The summed E-state index contributed by atoms with van der Waals surface area (Å²) in [5.41, 5.74) is 6.66. The number of nitrogens with two attached hydrogens (primary N) is 1. The third-order valence-electron chi connectivity index (χ3n) is 5.61. The molecular formula is C24H27FN4O3S. The average Bonchev–Trinajstić information content (AvgIpc) is 3.15. The number of carbonyl (C=O) groups excluding carboxylic acids is 2. The SMILES string of the molecule is CC(C)(C)OC(=O)N1CC2CN=C(NC(=O)c3ccccc3)SC2(c2cc(N)ccc2F)C1. The number of benzene rings is 2. The van der Waals surface area contributed by atoms with E-state index in [0.717, 1.165) is 0 Å². The summed E-state index contributed by atoms with van der Waals surface area (Å²) in [5, 5.41) is 3.23. The Morgan fingerprint density at radius 2 is 1.97 bits per heavy atom. The average molecular weight is 471 g/mol. The zero-order valence-electron chi connectivity index (χ0n) is 18.8. The maximum atomic E-state index is 15.1. The lowest BCUT2D eigenvalue weighted by molar-refractivity contribution is 0.0286. The maximum absolute atomic E-state index is 15.1. The van der Waals surface area contributed by atoms with Gasteiger partial charge in [0, 0.05) is 42.4 Å². The summed E-state index contributed by atoms with van der Waals surface area (Å²) in [6.45, 7) is 6.30. The van der Waals surface area contributed by atoms with Crippen molar-refractivity contribution >= 4 is 34.6 Å². The normalized spacial score (nSPS) is 22.4. The molecule has 0 radical (unpaired) electrons. The Labute approximate surface area is 196 Å². The van der Waals surface area contributed by atoms with Gasteiger partial charge in [0.05, 0.1) is 4.75 Å². The molecule has 1 saturated heterocycles. The van der Waals surface area contributed by atoms with E-state index in [1.165, 1.54) is 23.9 Å². The number of amides is 2. The van der Waals surface area contributed by atoms with Crippen molar-refractivity contribution in [2.45, 2.75) is 31.1 Å². The zero-order chi connectivity index (χ0) is 23.8. The molecule has 0 bridgehead atoms. The number of likely N-dealkylation sites (tertiary alicyclic amines) is 1. The molecule has 3 N–H and O–H groups in total. The van der Waals surface area contributed by atoms with Gasteiger partial charge in [0.25, 0.3) is 5.91 Å². The van der Waals surface area contributed by atoms with Crippen molar-refractivity contribution in [2.24, 2.45) is 10.9 Å². The molecule has 4 rings (SSSR count). The number of nitrogen functional groups attached to an aromatic ring is 1. The fourth-order valence-electron chi connectivity index (χ4n) is 4.13. The number of thioether (sulfide) groups is 1. The monoisotopic (exact) mass is 470 g/mol. The Kier molecular flexibility index (Phi) is 6.09. The molecule has 0 aromatic heterocycles. The molecular weight excluding hydrogens is 443 g/mol. The van der Waals surface area contributed by atoms with E-state index in [4.69, 9.17) is 10.5 Å². The molecule has 2 amide bonds. The van der Waals surface area contributed by atoms with E-state index in [-0.39, 0.29) is 18.4 Å². The van der Waals surface area contributed by atoms with Gasteiger partial charge in [0.1, 0.15) is 11.4 Å². The highest BCUT2D eigenvalue weighted by atomic mass is 32.2. The lowest BCUT2D eigenvalue weighted by Gasteiger charge is -2.37. The van der Waals surface area contributed by atoms with Crippen molar-refractivity contribution in [1.29, 1.82) is 0 Å². The molecule has 2 heterocycles. The third kappa shape index (κ3) is 4.83. The van der Waals surface area contributed by atoms with Crippen LogP contribution in [-0.4, -0.2) is 47.3 Å². The van der Waals surface area contributed by atoms with E-state index in [9.17, 15) is 9.59 Å². The van der Waals surface area contributed by atoms with E-state index >= 15 is 4.39 Å². The molecule has 2 aliphatic rings. The summed E-state index contributed by atoms with van der Waals surface area (Å²) < 4.78 is 19.8. The highest BCUT2D eigenvalue weighted by molar-refractivity contribution is 8.14. The number of hydrogen-bond donors (Lipinski definition) is 2. The van der Waals surface area contributed by atoms with Crippen LogP contribution in [0.25, 0.3) is 0 Å². The quantitative estimate of drug-likeness (QED) is 0.647. The molecule has 2 atom stereocenters. The van der Waals surface area contributed by atoms with Crippen LogP contribution in [0.2, 0.25) is 0 Å². The molecule has 33 heavy (non-hydrogen) atoms. The van der Waals surface area contributed by atoms with Gasteiger partial charge < -0.3 is 20.7 Å². The summed E-state index contributed by atoms with van der Waals surface area (Å²) in [7, 11) is 0. The molecule has 0 saturated carbocycles. The van der Waals surface area contributed by atoms with Crippen molar-refractivity contribution in [3.05, 3.63) is 65.5 Å². The molecule has 1 fully saturated rings. The second kappa shape index (κ2) is 8.70. The van der Waals surface area contributed by atoms with Crippen molar-refractivity contribution in [3.8, 4) is 0 Å². The smallest absolute Gasteiger partial charge is 0.410 e. The van der Waals surface area contributed by atoms with Gasteiger partial charge in [-0.3, -0.25) is 9.79 Å². The number of halogens is 1. The number of hydrogen-bond acceptors (Lipinski definition) is 6. The van der Waals surface area contributed by atoms with E-state index < -0.39 is 22.3 Å². The van der Waals surface area contributed by atoms with Crippen LogP contribution in [0.1, 0.15) is 36.7 Å². The first kappa shape index (κ1) is 23.1. The van der Waals surface area contributed by atoms with Crippen LogP contribution in [0.15, 0.2) is 53.5 Å². The van der Waals surface area contributed by atoms with E-state index in [0.29, 0.717) is 35.1 Å². The molecule has 0 aliphatic carbocycles. The topological polar surface area (TPSA) is 97.0 Å². The molecule has 0 spiro atoms. The van der Waals surface area contributed by atoms with Crippen molar-refractivity contribution < 1.29 is 18.7 Å². The maximum Gasteiger partial charge on any atom is 0.410 e. The summed E-state index contributed by atoms with van der Waals surface area (Å²) >= 11 is 1.26. The number of nitrogens with zero attached hydrogens (tertiary/aromatic N) is 2. The van der Waals surface area contributed by atoms with Crippen LogP contribution in [-0.2, 0) is 9.48 Å². The number of amidine groups is 1. The van der Waals surface area contributed by atoms with Crippen LogP contribution in [0.5, 0.6) is 0 Å².